The number of rotatable bonds is 6. The molecule has 1 amide bonds. The maximum Gasteiger partial charge on any atom is 0.233 e. The first kappa shape index (κ1) is 16.6. The fourth-order valence-electron chi connectivity index (χ4n) is 2.16. The first-order chi connectivity index (χ1) is 11.6. The second kappa shape index (κ2) is 7.10. The number of aryl methyl sites for hydroxylation is 1. The summed E-state index contributed by atoms with van der Waals surface area (Å²) in [6.45, 7) is 2.43. The number of thioether (sulfide) groups is 1. The van der Waals surface area contributed by atoms with Crippen molar-refractivity contribution >= 4 is 29.0 Å². The number of nitrogens with two attached hydrogens (primary N) is 1. The first-order valence-corrected chi connectivity index (χ1v) is 9.12. The fourth-order valence-corrected chi connectivity index (χ4v) is 3.61. The second-order valence-corrected chi connectivity index (χ2v) is 6.96. The van der Waals surface area contributed by atoms with Crippen LogP contribution in [0.3, 0.4) is 0 Å². The molecule has 0 saturated carbocycles. The third-order valence-corrected chi connectivity index (χ3v) is 5.17. The molecule has 0 aliphatic heterocycles. The molecule has 0 aliphatic carbocycles. The summed E-state index contributed by atoms with van der Waals surface area (Å²) in [5, 5.41) is 12.7. The molecule has 0 radical (unpaired) electrons. The van der Waals surface area contributed by atoms with E-state index in [1.54, 1.807) is 35.6 Å². The van der Waals surface area contributed by atoms with Crippen molar-refractivity contribution in [3.05, 3.63) is 40.5 Å². The van der Waals surface area contributed by atoms with Crippen molar-refractivity contribution in [2.24, 2.45) is 0 Å². The first-order valence-electron chi connectivity index (χ1n) is 7.19. The van der Waals surface area contributed by atoms with Gasteiger partial charge in [-0.2, -0.15) is 11.3 Å². The van der Waals surface area contributed by atoms with Crippen LogP contribution in [-0.2, 0) is 11.3 Å². The van der Waals surface area contributed by atoms with E-state index in [0.717, 1.165) is 16.9 Å². The minimum Gasteiger partial charge on any atom is -0.469 e. The summed E-state index contributed by atoms with van der Waals surface area (Å²) >= 11 is 2.88. The Bertz CT molecular complexity index is 825. The van der Waals surface area contributed by atoms with Gasteiger partial charge in [-0.05, 0) is 35.4 Å². The van der Waals surface area contributed by atoms with Crippen LogP contribution >= 0.6 is 23.1 Å². The zero-order valence-electron chi connectivity index (χ0n) is 13.3. The maximum atomic E-state index is 12.2. The molecule has 126 valence electrons. The largest absolute Gasteiger partial charge is 0.469 e. The number of amides is 1. The highest BCUT2D eigenvalue weighted by molar-refractivity contribution is 7.99. The number of nitrogen functional groups attached to an aromatic ring is 1. The van der Waals surface area contributed by atoms with Crippen molar-refractivity contribution < 1.29 is 9.21 Å². The summed E-state index contributed by atoms with van der Waals surface area (Å²) in [5.41, 5.74) is 1.92. The minimum atomic E-state index is 0.00948. The van der Waals surface area contributed by atoms with Gasteiger partial charge in [-0.15, -0.1) is 10.2 Å². The van der Waals surface area contributed by atoms with E-state index in [1.807, 2.05) is 23.8 Å². The zero-order chi connectivity index (χ0) is 17.1. The molecule has 0 saturated heterocycles. The van der Waals surface area contributed by atoms with Gasteiger partial charge < -0.3 is 15.2 Å². The molecule has 0 aliphatic rings. The van der Waals surface area contributed by atoms with Crippen LogP contribution in [0.2, 0.25) is 0 Å². The van der Waals surface area contributed by atoms with Crippen LogP contribution in [0.5, 0.6) is 0 Å². The SMILES string of the molecule is Cc1occc1-c1nnc(SCC(=O)N(C)Cc2ccsc2)n1N. The average Bonchev–Trinajstić information content (AvgIpc) is 3.28. The molecular formula is C15H17N5O2S2. The Balaban J connectivity index is 1.62. The Kier molecular flexibility index (Phi) is 4.91. The number of furan rings is 1. The molecule has 0 fully saturated rings. The van der Waals surface area contributed by atoms with E-state index in [0.29, 0.717) is 17.5 Å². The highest BCUT2D eigenvalue weighted by Gasteiger charge is 2.17. The lowest BCUT2D eigenvalue weighted by Crippen LogP contribution is -2.27. The van der Waals surface area contributed by atoms with Crippen LogP contribution in [-0.4, -0.2) is 38.5 Å². The fraction of sp³-hybridized carbons (Fsp3) is 0.267. The van der Waals surface area contributed by atoms with Crippen LogP contribution in [0.25, 0.3) is 11.4 Å². The van der Waals surface area contributed by atoms with Crippen LogP contribution in [0.15, 0.2) is 38.7 Å². The summed E-state index contributed by atoms with van der Waals surface area (Å²) in [6.07, 6.45) is 1.58. The number of hydrogen-bond acceptors (Lipinski definition) is 7. The van der Waals surface area contributed by atoms with Gasteiger partial charge in [-0.1, -0.05) is 11.8 Å². The van der Waals surface area contributed by atoms with Crippen LogP contribution < -0.4 is 5.84 Å². The van der Waals surface area contributed by atoms with Crippen molar-refractivity contribution in [2.75, 3.05) is 18.6 Å². The summed E-state index contributed by atoms with van der Waals surface area (Å²) in [5.74, 6) is 7.54. The normalized spacial score (nSPS) is 10.9. The number of aromatic nitrogens is 3. The highest BCUT2D eigenvalue weighted by Crippen LogP contribution is 2.25. The van der Waals surface area contributed by atoms with E-state index in [9.17, 15) is 4.79 Å². The second-order valence-electron chi connectivity index (χ2n) is 5.24. The quantitative estimate of drug-likeness (QED) is 0.534. The van der Waals surface area contributed by atoms with Gasteiger partial charge >= 0.3 is 0 Å². The molecule has 3 heterocycles. The van der Waals surface area contributed by atoms with E-state index in [4.69, 9.17) is 10.3 Å². The standard InChI is InChI=1S/C15H17N5O2S2/c1-10-12(3-5-22-10)14-17-18-15(20(14)16)24-9-13(21)19(2)7-11-4-6-23-8-11/h3-6,8H,7,9,16H2,1-2H3. The summed E-state index contributed by atoms with van der Waals surface area (Å²) < 4.78 is 6.64. The van der Waals surface area contributed by atoms with E-state index < -0.39 is 0 Å². The zero-order valence-corrected chi connectivity index (χ0v) is 14.9. The topological polar surface area (TPSA) is 90.2 Å². The molecule has 0 atom stereocenters. The minimum absolute atomic E-state index is 0.00948. The van der Waals surface area contributed by atoms with E-state index >= 15 is 0 Å². The van der Waals surface area contributed by atoms with Gasteiger partial charge in [-0.25, -0.2) is 4.68 Å². The van der Waals surface area contributed by atoms with Gasteiger partial charge in [0.2, 0.25) is 11.1 Å². The van der Waals surface area contributed by atoms with E-state index in [2.05, 4.69) is 10.2 Å². The molecular weight excluding hydrogens is 346 g/mol. The van der Waals surface area contributed by atoms with Crippen molar-refractivity contribution in [1.82, 2.24) is 19.8 Å². The molecule has 0 aromatic carbocycles. The number of thiophene rings is 1. The third kappa shape index (κ3) is 3.46. The van der Waals surface area contributed by atoms with Crippen molar-refractivity contribution in [1.29, 1.82) is 0 Å². The lowest BCUT2D eigenvalue weighted by Gasteiger charge is -2.15. The Hall–Kier alpha value is -2.26. The van der Waals surface area contributed by atoms with Gasteiger partial charge in [0.15, 0.2) is 5.82 Å². The number of hydrogen-bond donors (Lipinski definition) is 1. The highest BCUT2D eigenvalue weighted by atomic mass is 32.2. The third-order valence-electron chi connectivity index (χ3n) is 3.51. The molecule has 3 aromatic heterocycles. The Morgan fingerprint density at radius 3 is 2.96 bits per heavy atom. The molecule has 3 aromatic rings. The lowest BCUT2D eigenvalue weighted by atomic mass is 10.2. The Morgan fingerprint density at radius 1 is 1.46 bits per heavy atom. The molecule has 0 spiro atoms. The van der Waals surface area contributed by atoms with Crippen molar-refractivity contribution in [2.45, 2.75) is 18.6 Å². The number of carbonyl (C=O) groups excluding carboxylic acids is 1. The molecule has 0 unspecified atom stereocenters. The molecule has 3 rings (SSSR count). The number of nitrogens with zero attached hydrogens (tertiary/aromatic N) is 4. The lowest BCUT2D eigenvalue weighted by molar-refractivity contribution is -0.127. The van der Waals surface area contributed by atoms with Crippen LogP contribution in [0, 0.1) is 6.92 Å². The van der Waals surface area contributed by atoms with Gasteiger partial charge in [0, 0.05) is 13.6 Å². The van der Waals surface area contributed by atoms with Gasteiger partial charge in [0.25, 0.3) is 0 Å². The molecule has 9 heteroatoms. The Morgan fingerprint density at radius 2 is 2.29 bits per heavy atom. The maximum absolute atomic E-state index is 12.2. The van der Waals surface area contributed by atoms with Crippen LogP contribution in [0.1, 0.15) is 11.3 Å². The number of carbonyl (C=O) groups is 1. The van der Waals surface area contributed by atoms with Gasteiger partial charge in [0.1, 0.15) is 5.76 Å². The molecule has 7 nitrogen and oxygen atoms in total. The summed E-state index contributed by atoms with van der Waals surface area (Å²) in [6, 6.07) is 3.80. The van der Waals surface area contributed by atoms with Gasteiger partial charge in [0.05, 0.1) is 17.6 Å². The molecule has 2 N–H and O–H groups in total. The van der Waals surface area contributed by atoms with E-state index in [-0.39, 0.29) is 11.7 Å². The summed E-state index contributed by atoms with van der Waals surface area (Å²) in [7, 11) is 1.79. The smallest absolute Gasteiger partial charge is 0.233 e. The van der Waals surface area contributed by atoms with Crippen LogP contribution in [0.4, 0.5) is 0 Å². The Labute approximate surface area is 147 Å². The van der Waals surface area contributed by atoms with E-state index in [1.165, 1.54) is 16.4 Å². The van der Waals surface area contributed by atoms with Crippen molar-refractivity contribution in [3.63, 3.8) is 0 Å². The summed E-state index contributed by atoms with van der Waals surface area (Å²) in [4.78, 5) is 13.9. The molecule has 0 bridgehead atoms. The predicted octanol–water partition coefficient (Wildman–Crippen LogP) is 2.37. The average molecular weight is 363 g/mol. The van der Waals surface area contributed by atoms with Crippen molar-refractivity contribution in [3.8, 4) is 11.4 Å². The monoisotopic (exact) mass is 363 g/mol. The molecule has 24 heavy (non-hydrogen) atoms. The predicted molar refractivity (Wildman–Crippen MR) is 94.1 cm³/mol. The van der Waals surface area contributed by atoms with Gasteiger partial charge in [-0.3, -0.25) is 4.79 Å².